The molecule has 1 amide bonds. The summed E-state index contributed by atoms with van der Waals surface area (Å²) >= 11 is 7.86. The minimum absolute atomic E-state index is 0.108. The third-order valence-corrected chi connectivity index (χ3v) is 5.96. The molecule has 3 nitrogen and oxygen atoms in total. The molecule has 4 rings (SSSR count). The number of anilines is 2. The van der Waals surface area contributed by atoms with Crippen LogP contribution in [0.4, 0.5) is 11.4 Å². The molecule has 5 heteroatoms. The molecule has 0 aliphatic carbocycles. The zero-order chi connectivity index (χ0) is 18.1. The summed E-state index contributed by atoms with van der Waals surface area (Å²) in [5.41, 5.74) is 4.51. The lowest BCUT2D eigenvalue weighted by Gasteiger charge is -2.15. The molecule has 2 aromatic carbocycles. The second-order valence-corrected chi connectivity index (χ2v) is 8.00. The number of rotatable bonds is 4. The van der Waals surface area contributed by atoms with Crippen LogP contribution in [0.2, 0.25) is 5.02 Å². The number of carbonyl (C=O) groups excluding carboxylic acids is 1. The summed E-state index contributed by atoms with van der Waals surface area (Å²) in [5, 5.41) is 4.25. The van der Waals surface area contributed by atoms with Crippen LogP contribution in [-0.4, -0.2) is 12.5 Å². The molecule has 1 N–H and O–H groups in total. The third-order valence-electron chi connectivity index (χ3n) is 4.59. The fourth-order valence-electron chi connectivity index (χ4n) is 3.30. The van der Waals surface area contributed by atoms with Crippen LogP contribution in [0.25, 0.3) is 10.4 Å². The SMILES string of the molecule is CC(=O)N1CCc2cc(NCc3ccc(-c4cccc(Cl)c4)s3)ccc21. The average molecular weight is 383 g/mol. The van der Waals surface area contributed by atoms with Gasteiger partial charge in [0.15, 0.2) is 0 Å². The molecule has 0 bridgehead atoms. The molecule has 0 fully saturated rings. The Morgan fingerprint density at radius 3 is 2.88 bits per heavy atom. The van der Waals surface area contributed by atoms with E-state index in [1.165, 1.54) is 15.3 Å². The van der Waals surface area contributed by atoms with Gasteiger partial charge in [-0.1, -0.05) is 23.7 Å². The summed E-state index contributed by atoms with van der Waals surface area (Å²) in [6.07, 6.45) is 0.919. The van der Waals surface area contributed by atoms with Crippen molar-refractivity contribution in [3.63, 3.8) is 0 Å². The lowest BCUT2D eigenvalue weighted by Crippen LogP contribution is -2.25. The van der Waals surface area contributed by atoms with Gasteiger partial charge in [0.1, 0.15) is 0 Å². The summed E-state index contributed by atoms with van der Waals surface area (Å²) in [6, 6.07) is 18.5. The number of benzene rings is 2. The van der Waals surface area contributed by atoms with Crippen LogP contribution in [0.3, 0.4) is 0 Å². The van der Waals surface area contributed by atoms with E-state index in [0.717, 1.165) is 41.5 Å². The lowest BCUT2D eigenvalue weighted by atomic mass is 10.1. The van der Waals surface area contributed by atoms with E-state index in [9.17, 15) is 4.79 Å². The normalized spacial score (nSPS) is 12.9. The third kappa shape index (κ3) is 3.48. The molecule has 1 aliphatic rings. The van der Waals surface area contributed by atoms with E-state index in [2.05, 4.69) is 29.6 Å². The Morgan fingerprint density at radius 2 is 2.08 bits per heavy atom. The van der Waals surface area contributed by atoms with Crippen LogP contribution >= 0.6 is 22.9 Å². The van der Waals surface area contributed by atoms with Crippen molar-refractivity contribution < 1.29 is 4.79 Å². The first-order chi connectivity index (χ1) is 12.6. The van der Waals surface area contributed by atoms with Crippen LogP contribution in [0.15, 0.2) is 54.6 Å². The Morgan fingerprint density at radius 1 is 1.19 bits per heavy atom. The van der Waals surface area contributed by atoms with Crippen molar-refractivity contribution >= 4 is 40.2 Å². The molecule has 0 spiro atoms. The minimum atomic E-state index is 0.108. The fourth-order valence-corrected chi connectivity index (χ4v) is 4.43. The number of hydrogen-bond donors (Lipinski definition) is 1. The second-order valence-electron chi connectivity index (χ2n) is 6.39. The maximum atomic E-state index is 11.6. The Bertz CT molecular complexity index is 966. The molecule has 1 aromatic heterocycles. The number of thiophene rings is 1. The molecule has 1 aliphatic heterocycles. The summed E-state index contributed by atoms with van der Waals surface area (Å²) in [4.78, 5) is 16.0. The smallest absolute Gasteiger partial charge is 0.223 e. The van der Waals surface area contributed by atoms with Crippen molar-refractivity contribution in [2.75, 3.05) is 16.8 Å². The van der Waals surface area contributed by atoms with E-state index in [0.29, 0.717) is 0 Å². The van der Waals surface area contributed by atoms with Gasteiger partial charge in [0, 0.05) is 46.2 Å². The Balaban J connectivity index is 1.45. The molecule has 0 unspecified atom stereocenters. The lowest BCUT2D eigenvalue weighted by molar-refractivity contribution is -0.116. The van der Waals surface area contributed by atoms with Crippen molar-refractivity contribution in [1.82, 2.24) is 0 Å². The Hall–Kier alpha value is -2.30. The number of hydrogen-bond acceptors (Lipinski definition) is 3. The van der Waals surface area contributed by atoms with Crippen LogP contribution < -0.4 is 10.2 Å². The topological polar surface area (TPSA) is 32.3 Å². The van der Waals surface area contributed by atoms with Crippen LogP contribution in [0, 0.1) is 0 Å². The number of nitrogens with zero attached hydrogens (tertiary/aromatic N) is 1. The fraction of sp³-hybridized carbons (Fsp3) is 0.190. The summed E-state index contributed by atoms with van der Waals surface area (Å²) in [7, 11) is 0. The van der Waals surface area contributed by atoms with E-state index in [1.807, 2.05) is 35.2 Å². The highest BCUT2D eigenvalue weighted by atomic mass is 35.5. The van der Waals surface area contributed by atoms with Crippen LogP contribution in [0.1, 0.15) is 17.4 Å². The van der Waals surface area contributed by atoms with Gasteiger partial charge in [0.2, 0.25) is 5.91 Å². The van der Waals surface area contributed by atoms with Gasteiger partial charge in [-0.25, -0.2) is 0 Å². The van der Waals surface area contributed by atoms with Crippen LogP contribution in [-0.2, 0) is 17.8 Å². The predicted octanol–water partition coefficient (Wildman–Crippen LogP) is 5.59. The van der Waals surface area contributed by atoms with Crippen molar-refractivity contribution in [3.05, 3.63) is 70.1 Å². The largest absolute Gasteiger partial charge is 0.380 e. The highest BCUT2D eigenvalue weighted by Gasteiger charge is 2.22. The predicted molar refractivity (Wildman–Crippen MR) is 110 cm³/mol. The van der Waals surface area contributed by atoms with Gasteiger partial charge in [-0.3, -0.25) is 4.79 Å². The first kappa shape index (κ1) is 17.1. The first-order valence-electron chi connectivity index (χ1n) is 8.60. The molecule has 2 heterocycles. The summed E-state index contributed by atoms with van der Waals surface area (Å²) < 4.78 is 0. The van der Waals surface area contributed by atoms with E-state index >= 15 is 0 Å². The zero-order valence-electron chi connectivity index (χ0n) is 14.5. The average Bonchev–Trinajstić information content (AvgIpc) is 3.26. The first-order valence-corrected chi connectivity index (χ1v) is 9.79. The van der Waals surface area contributed by atoms with Gasteiger partial charge in [0.05, 0.1) is 0 Å². The van der Waals surface area contributed by atoms with E-state index < -0.39 is 0 Å². The molecule has 26 heavy (non-hydrogen) atoms. The maximum Gasteiger partial charge on any atom is 0.223 e. The van der Waals surface area contributed by atoms with Gasteiger partial charge < -0.3 is 10.2 Å². The second kappa shape index (κ2) is 7.14. The van der Waals surface area contributed by atoms with Crippen molar-refractivity contribution in [3.8, 4) is 10.4 Å². The van der Waals surface area contributed by atoms with Crippen molar-refractivity contribution in [2.24, 2.45) is 0 Å². The number of fused-ring (bicyclic) bond motifs is 1. The zero-order valence-corrected chi connectivity index (χ0v) is 16.0. The molecule has 0 saturated carbocycles. The van der Waals surface area contributed by atoms with Gasteiger partial charge in [-0.15, -0.1) is 11.3 Å². The van der Waals surface area contributed by atoms with Crippen LogP contribution in [0.5, 0.6) is 0 Å². The van der Waals surface area contributed by atoms with E-state index in [-0.39, 0.29) is 5.91 Å². The van der Waals surface area contributed by atoms with E-state index in [1.54, 1.807) is 18.3 Å². The van der Waals surface area contributed by atoms with Crippen molar-refractivity contribution in [2.45, 2.75) is 19.9 Å². The van der Waals surface area contributed by atoms with Gasteiger partial charge in [-0.2, -0.15) is 0 Å². The molecule has 0 atom stereocenters. The number of amides is 1. The summed E-state index contributed by atoms with van der Waals surface area (Å²) in [5.74, 6) is 0.108. The highest BCUT2D eigenvalue weighted by Crippen LogP contribution is 2.32. The number of carbonyl (C=O) groups is 1. The van der Waals surface area contributed by atoms with E-state index in [4.69, 9.17) is 11.6 Å². The molecule has 3 aromatic rings. The Kier molecular flexibility index (Phi) is 4.70. The monoisotopic (exact) mass is 382 g/mol. The highest BCUT2D eigenvalue weighted by molar-refractivity contribution is 7.15. The van der Waals surface area contributed by atoms with Crippen molar-refractivity contribution in [1.29, 1.82) is 0 Å². The van der Waals surface area contributed by atoms with Gasteiger partial charge in [0.25, 0.3) is 0 Å². The molecular weight excluding hydrogens is 364 g/mol. The number of nitrogens with one attached hydrogen (secondary N) is 1. The molecule has 0 saturated heterocycles. The Labute approximate surface area is 162 Å². The standard InChI is InChI=1S/C21H19ClN2OS/c1-14(25)24-10-9-15-12-18(5-7-20(15)24)23-13-19-6-8-21(26-19)16-3-2-4-17(22)11-16/h2-8,11-12,23H,9-10,13H2,1H3. The quantitative estimate of drug-likeness (QED) is 0.637. The molecule has 132 valence electrons. The summed E-state index contributed by atoms with van der Waals surface area (Å²) in [6.45, 7) is 3.18. The number of halogens is 1. The minimum Gasteiger partial charge on any atom is -0.380 e. The molecule has 0 radical (unpaired) electrons. The van der Waals surface area contributed by atoms with Gasteiger partial charge >= 0.3 is 0 Å². The maximum absolute atomic E-state index is 11.6. The molecular formula is C21H19ClN2OS. The van der Waals surface area contributed by atoms with Gasteiger partial charge in [-0.05, 0) is 60.0 Å².